The van der Waals surface area contributed by atoms with Crippen molar-refractivity contribution in [3.05, 3.63) is 23.5 Å². The van der Waals surface area contributed by atoms with Crippen molar-refractivity contribution in [2.24, 2.45) is 0 Å². The maximum absolute atomic E-state index is 12.3. The molecule has 2 saturated heterocycles. The molecule has 0 bridgehead atoms. The maximum atomic E-state index is 12.3. The van der Waals surface area contributed by atoms with Crippen molar-refractivity contribution >= 4 is 29.2 Å². The minimum absolute atomic E-state index is 0.180. The van der Waals surface area contributed by atoms with Crippen LogP contribution in [0, 0.1) is 0 Å². The van der Waals surface area contributed by atoms with Crippen LogP contribution in [-0.4, -0.2) is 34.4 Å². The van der Waals surface area contributed by atoms with Gasteiger partial charge >= 0.3 is 6.03 Å². The van der Waals surface area contributed by atoms with E-state index in [0.29, 0.717) is 12.2 Å². The third-order valence-electron chi connectivity index (χ3n) is 3.43. The second kappa shape index (κ2) is 4.24. The number of rotatable bonds is 1. The molecular weight excluding hydrogens is 254 g/mol. The van der Waals surface area contributed by atoms with Crippen molar-refractivity contribution in [3.8, 4) is 0 Å². The molecule has 0 saturated carbocycles. The number of anilines is 1. The molecule has 0 spiro atoms. The summed E-state index contributed by atoms with van der Waals surface area (Å²) in [5.74, 6) is -0.186. The van der Waals surface area contributed by atoms with Crippen molar-refractivity contribution in [2.75, 3.05) is 11.4 Å². The van der Waals surface area contributed by atoms with Gasteiger partial charge in [-0.05, 0) is 31.4 Å². The quantitative estimate of drug-likeness (QED) is 0.577. The molecule has 1 aromatic rings. The van der Waals surface area contributed by atoms with Crippen LogP contribution in [0.1, 0.15) is 19.3 Å². The van der Waals surface area contributed by atoms with Crippen molar-refractivity contribution < 1.29 is 9.59 Å². The highest BCUT2D eigenvalue weighted by Gasteiger charge is 2.47. The lowest BCUT2D eigenvalue weighted by Crippen LogP contribution is -2.39. The number of nitrogens with zero attached hydrogens (tertiary/aromatic N) is 3. The Hall–Kier alpha value is -1.62. The molecule has 0 N–H and O–H groups in total. The number of piperidine rings is 1. The van der Waals surface area contributed by atoms with Crippen molar-refractivity contribution in [1.29, 1.82) is 0 Å². The van der Waals surface area contributed by atoms with E-state index in [1.54, 1.807) is 17.0 Å². The number of aromatic nitrogens is 1. The number of hydrogen-bond donors (Lipinski definition) is 0. The topological polar surface area (TPSA) is 53.5 Å². The molecule has 18 heavy (non-hydrogen) atoms. The van der Waals surface area contributed by atoms with Gasteiger partial charge < -0.3 is 4.90 Å². The molecule has 3 heterocycles. The molecular formula is C12H12ClN3O2. The summed E-state index contributed by atoms with van der Waals surface area (Å²) in [7, 11) is 0. The van der Waals surface area contributed by atoms with Gasteiger partial charge in [0.25, 0.3) is 5.91 Å². The Morgan fingerprint density at radius 2 is 2.17 bits per heavy atom. The van der Waals surface area contributed by atoms with Crippen LogP contribution in [0.25, 0.3) is 0 Å². The van der Waals surface area contributed by atoms with Crippen LogP contribution in [0.15, 0.2) is 18.3 Å². The summed E-state index contributed by atoms with van der Waals surface area (Å²) in [6.07, 6.45) is 4.20. The van der Waals surface area contributed by atoms with E-state index in [2.05, 4.69) is 4.98 Å². The van der Waals surface area contributed by atoms with Crippen LogP contribution in [0.3, 0.4) is 0 Å². The Morgan fingerprint density at radius 1 is 1.33 bits per heavy atom. The molecule has 2 aliphatic rings. The van der Waals surface area contributed by atoms with Gasteiger partial charge in [-0.25, -0.2) is 14.7 Å². The molecule has 3 rings (SSSR count). The predicted molar refractivity (Wildman–Crippen MR) is 66.5 cm³/mol. The van der Waals surface area contributed by atoms with Gasteiger partial charge in [0, 0.05) is 12.7 Å². The second-order valence-electron chi connectivity index (χ2n) is 4.47. The fraction of sp³-hybridized carbons (Fsp3) is 0.417. The van der Waals surface area contributed by atoms with Gasteiger partial charge in [-0.2, -0.15) is 0 Å². The normalized spacial score (nSPS) is 23.5. The molecule has 1 aromatic heterocycles. The fourth-order valence-corrected chi connectivity index (χ4v) is 2.76. The van der Waals surface area contributed by atoms with Crippen LogP contribution >= 0.6 is 11.6 Å². The van der Waals surface area contributed by atoms with E-state index in [-0.39, 0.29) is 23.1 Å². The van der Waals surface area contributed by atoms with E-state index >= 15 is 0 Å². The number of pyridine rings is 1. The van der Waals surface area contributed by atoms with Crippen molar-refractivity contribution in [2.45, 2.75) is 25.3 Å². The fourth-order valence-electron chi connectivity index (χ4n) is 2.56. The molecule has 5 nitrogen and oxygen atoms in total. The van der Waals surface area contributed by atoms with Crippen LogP contribution in [0.2, 0.25) is 5.15 Å². The largest absolute Gasteiger partial charge is 0.332 e. The third-order valence-corrected chi connectivity index (χ3v) is 3.72. The van der Waals surface area contributed by atoms with E-state index in [4.69, 9.17) is 11.6 Å². The van der Waals surface area contributed by atoms with Crippen LogP contribution in [-0.2, 0) is 4.79 Å². The zero-order valence-electron chi connectivity index (χ0n) is 9.67. The van der Waals surface area contributed by atoms with Gasteiger partial charge in [-0.15, -0.1) is 0 Å². The first-order chi connectivity index (χ1) is 8.70. The monoisotopic (exact) mass is 265 g/mol. The summed E-state index contributed by atoms with van der Waals surface area (Å²) in [6, 6.07) is 2.71. The first-order valence-electron chi connectivity index (χ1n) is 5.95. The van der Waals surface area contributed by atoms with Crippen molar-refractivity contribution in [1.82, 2.24) is 9.88 Å². The predicted octanol–water partition coefficient (Wildman–Crippen LogP) is 2.06. The lowest BCUT2D eigenvalue weighted by Gasteiger charge is -2.25. The summed E-state index contributed by atoms with van der Waals surface area (Å²) < 4.78 is 0. The van der Waals surface area contributed by atoms with E-state index in [0.717, 1.165) is 24.2 Å². The van der Waals surface area contributed by atoms with E-state index in [9.17, 15) is 9.59 Å². The summed E-state index contributed by atoms with van der Waals surface area (Å²) >= 11 is 5.96. The molecule has 0 aromatic carbocycles. The van der Waals surface area contributed by atoms with Gasteiger partial charge in [0.1, 0.15) is 6.04 Å². The average Bonchev–Trinajstić information content (AvgIpc) is 2.64. The van der Waals surface area contributed by atoms with Crippen LogP contribution in [0.5, 0.6) is 0 Å². The van der Waals surface area contributed by atoms with Crippen LogP contribution in [0.4, 0.5) is 10.5 Å². The van der Waals surface area contributed by atoms with Crippen molar-refractivity contribution in [3.63, 3.8) is 0 Å². The van der Waals surface area contributed by atoms with E-state index in [1.165, 1.54) is 6.20 Å². The number of carbonyl (C=O) groups is 2. The van der Waals surface area contributed by atoms with Gasteiger partial charge in [0.15, 0.2) is 5.15 Å². The molecule has 0 aliphatic carbocycles. The highest BCUT2D eigenvalue weighted by Crippen LogP contribution is 2.33. The molecule has 2 fully saturated rings. The molecule has 94 valence electrons. The molecule has 0 unspecified atom stereocenters. The molecule has 2 aliphatic heterocycles. The van der Waals surface area contributed by atoms with E-state index < -0.39 is 0 Å². The number of imide groups is 1. The Balaban J connectivity index is 2.00. The number of amides is 3. The van der Waals surface area contributed by atoms with Gasteiger partial charge in [-0.3, -0.25) is 4.79 Å². The molecule has 6 heteroatoms. The van der Waals surface area contributed by atoms with Gasteiger partial charge in [0.05, 0.1) is 5.69 Å². The smallest absolute Gasteiger partial charge is 0.312 e. The number of hydrogen-bond acceptors (Lipinski definition) is 3. The number of fused-ring (bicyclic) bond motifs is 1. The molecule has 0 radical (unpaired) electrons. The first kappa shape index (κ1) is 11.5. The minimum Gasteiger partial charge on any atom is -0.312 e. The Morgan fingerprint density at radius 3 is 2.89 bits per heavy atom. The zero-order valence-corrected chi connectivity index (χ0v) is 10.4. The maximum Gasteiger partial charge on any atom is 0.332 e. The highest BCUT2D eigenvalue weighted by molar-refractivity contribution is 6.34. The average molecular weight is 266 g/mol. The summed E-state index contributed by atoms with van der Waals surface area (Å²) in [6.45, 7) is 0.642. The highest BCUT2D eigenvalue weighted by atomic mass is 35.5. The first-order valence-corrected chi connectivity index (χ1v) is 6.33. The summed E-state index contributed by atoms with van der Waals surface area (Å²) in [5, 5.41) is 0.180. The number of carbonyl (C=O) groups excluding carboxylic acids is 2. The standard InChI is InChI=1S/C12H12ClN3O2/c13-10-8(5-3-6-14-10)16-11(17)9-4-1-2-7-15(9)12(16)18/h3,5-6,9H,1-2,4,7H2/t9-/m0/s1. The zero-order chi connectivity index (χ0) is 12.7. The minimum atomic E-state index is -0.317. The van der Waals surface area contributed by atoms with Gasteiger partial charge in [-0.1, -0.05) is 11.6 Å². The number of halogens is 1. The Bertz CT molecular complexity index is 496. The lowest BCUT2D eigenvalue weighted by molar-refractivity contribution is -0.120. The Labute approximate surface area is 109 Å². The number of urea groups is 1. The Kier molecular flexibility index (Phi) is 2.70. The molecule has 1 atom stereocenters. The summed E-state index contributed by atoms with van der Waals surface area (Å²) in [5.41, 5.74) is 0.378. The lowest BCUT2D eigenvalue weighted by atomic mass is 10.0. The third kappa shape index (κ3) is 1.58. The van der Waals surface area contributed by atoms with E-state index in [1.807, 2.05) is 0 Å². The van der Waals surface area contributed by atoms with Gasteiger partial charge in [0.2, 0.25) is 0 Å². The summed E-state index contributed by atoms with van der Waals surface area (Å²) in [4.78, 5) is 31.2. The SMILES string of the molecule is O=C1[C@@H]2CCCCN2C(=O)N1c1cccnc1Cl. The molecule has 3 amide bonds. The second-order valence-corrected chi connectivity index (χ2v) is 4.83. The van der Waals surface area contributed by atoms with Crippen LogP contribution < -0.4 is 4.90 Å².